The molecule has 106 valence electrons. The number of methoxy groups -OCH3 is 1. The van der Waals surface area contributed by atoms with Crippen molar-refractivity contribution in [2.45, 2.75) is 26.5 Å². The SMILES string of the molecule is CCN(C)c1ccc(CNC(=O)[C@H](C)OC)cc1F. The highest BCUT2D eigenvalue weighted by Crippen LogP contribution is 2.19. The van der Waals surface area contributed by atoms with E-state index in [4.69, 9.17) is 4.74 Å². The van der Waals surface area contributed by atoms with Crippen molar-refractivity contribution in [2.75, 3.05) is 25.6 Å². The van der Waals surface area contributed by atoms with Crippen LogP contribution >= 0.6 is 0 Å². The molecule has 5 heteroatoms. The highest BCUT2D eigenvalue weighted by Gasteiger charge is 2.11. The molecule has 1 aromatic carbocycles. The fraction of sp³-hybridized carbons (Fsp3) is 0.500. The molecule has 1 atom stereocenters. The molecule has 0 spiro atoms. The summed E-state index contributed by atoms with van der Waals surface area (Å²) in [5.41, 5.74) is 1.28. The molecule has 0 unspecified atom stereocenters. The maximum atomic E-state index is 13.9. The molecule has 4 nitrogen and oxygen atoms in total. The molecule has 1 amide bonds. The lowest BCUT2D eigenvalue weighted by atomic mass is 10.2. The number of nitrogens with one attached hydrogen (secondary N) is 1. The first-order valence-electron chi connectivity index (χ1n) is 6.29. The highest BCUT2D eigenvalue weighted by molar-refractivity contribution is 5.80. The fourth-order valence-electron chi connectivity index (χ4n) is 1.58. The van der Waals surface area contributed by atoms with Crippen LogP contribution in [0, 0.1) is 5.82 Å². The second-order valence-electron chi connectivity index (χ2n) is 4.40. The number of benzene rings is 1. The van der Waals surface area contributed by atoms with Crippen LogP contribution < -0.4 is 10.2 Å². The lowest BCUT2D eigenvalue weighted by molar-refractivity contribution is -0.130. The van der Waals surface area contributed by atoms with Gasteiger partial charge in [-0.25, -0.2) is 4.39 Å². The lowest BCUT2D eigenvalue weighted by Gasteiger charge is -2.18. The number of anilines is 1. The van der Waals surface area contributed by atoms with E-state index in [1.807, 2.05) is 24.9 Å². The molecular formula is C14H21FN2O2. The van der Waals surface area contributed by atoms with Crippen molar-refractivity contribution in [3.63, 3.8) is 0 Å². The first-order valence-corrected chi connectivity index (χ1v) is 6.29. The van der Waals surface area contributed by atoms with E-state index in [1.165, 1.54) is 13.2 Å². The lowest BCUT2D eigenvalue weighted by Crippen LogP contribution is -2.33. The Kier molecular flexibility index (Phi) is 5.76. The Labute approximate surface area is 113 Å². The van der Waals surface area contributed by atoms with Gasteiger partial charge in [0.05, 0.1) is 5.69 Å². The van der Waals surface area contributed by atoms with Crippen LogP contribution in [-0.4, -0.2) is 32.7 Å². The first kappa shape index (κ1) is 15.4. The molecule has 0 fully saturated rings. The molecule has 0 heterocycles. The summed E-state index contributed by atoms with van der Waals surface area (Å²) < 4.78 is 18.8. The van der Waals surface area contributed by atoms with Crippen LogP contribution in [-0.2, 0) is 16.1 Å². The van der Waals surface area contributed by atoms with E-state index in [0.717, 1.165) is 12.1 Å². The zero-order valence-electron chi connectivity index (χ0n) is 11.9. The second kappa shape index (κ2) is 7.09. The predicted molar refractivity (Wildman–Crippen MR) is 73.7 cm³/mol. The average Bonchev–Trinajstić information content (AvgIpc) is 2.43. The Balaban J connectivity index is 2.66. The molecule has 0 aliphatic carbocycles. The van der Waals surface area contributed by atoms with E-state index in [-0.39, 0.29) is 11.7 Å². The number of hydrogen-bond donors (Lipinski definition) is 1. The second-order valence-corrected chi connectivity index (χ2v) is 4.40. The topological polar surface area (TPSA) is 41.6 Å². The molecule has 19 heavy (non-hydrogen) atoms. The van der Waals surface area contributed by atoms with Crippen LogP contribution in [0.3, 0.4) is 0 Å². The number of carbonyl (C=O) groups is 1. The van der Waals surface area contributed by atoms with Crippen LogP contribution in [0.2, 0.25) is 0 Å². The van der Waals surface area contributed by atoms with Gasteiger partial charge in [-0.2, -0.15) is 0 Å². The molecule has 0 aliphatic rings. The third-order valence-corrected chi connectivity index (χ3v) is 3.09. The first-order chi connectivity index (χ1) is 8.99. The molecule has 0 saturated carbocycles. The Bertz CT molecular complexity index is 437. The maximum Gasteiger partial charge on any atom is 0.249 e. The number of rotatable bonds is 6. The fourth-order valence-corrected chi connectivity index (χ4v) is 1.58. The van der Waals surface area contributed by atoms with Crippen LogP contribution in [0.25, 0.3) is 0 Å². The molecule has 1 aromatic rings. The van der Waals surface area contributed by atoms with E-state index in [1.54, 1.807) is 13.0 Å². The smallest absolute Gasteiger partial charge is 0.249 e. The number of carbonyl (C=O) groups excluding carboxylic acids is 1. The number of ether oxygens (including phenoxy) is 1. The Morgan fingerprint density at radius 1 is 1.53 bits per heavy atom. The average molecular weight is 268 g/mol. The summed E-state index contributed by atoms with van der Waals surface area (Å²) >= 11 is 0. The van der Waals surface area contributed by atoms with Crippen molar-refractivity contribution in [2.24, 2.45) is 0 Å². The van der Waals surface area contributed by atoms with Crippen LogP contribution in [0.5, 0.6) is 0 Å². The molecule has 0 aromatic heterocycles. The molecule has 1 rings (SSSR count). The summed E-state index contributed by atoms with van der Waals surface area (Å²) in [6, 6.07) is 4.97. The summed E-state index contributed by atoms with van der Waals surface area (Å²) in [4.78, 5) is 13.3. The summed E-state index contributed by atoms with van der Waals surface area (Å²) in [6.45, 7) is 4.65. The number of amides is 1. The van der Waals surface area contributed by atoms with Gasteiger partial charge >= 0.3 is 0 Å². The van der Waals surface area contributed by atoms with Gasteiger partial charge in [0.2, 0.25) is 5.91 Å². The number of halogens is 1. The predicted octanol–water partition coefficient (Wildman–Crippen LogP) is 1.93. The minimum atomic E-state index is -0.504. The van der Waals surface area contributed by atoms with E-state index in [2.05, 4.69) is 5.32 Å². The van der Waals surface area contributed by atoms with E-state index >= 15 is 0 Å². The molecule has 0 radical (unpaired) electrons. The summed E-state index contributed by atoms with van der Waals surface area (Å²) in [5.74, 6) is -0.492. The van der Waals surface area contributed by atoms with Gasteiger partial charge in [-0.15, -0.1) is 0 Å². The summed E-state index contributed by atoms with van der Waals surface area (Å²) in [6.07, 6.45) is -0.504. The molecule has 0 aliphatic heterocycles. The molecule has 0 bridgehead atoms. The third kappa shape index (κ3) is 4.21. The van der Waals surface area contributed by atoms with Gasteiger partial charge in [0.15, 0.2) is 0 Å². The van der Waals surface area contributed by atoms with Gasteiger partial charge in [0.1, 0.15) is 11.9 Å². The quantitative estimate of drug-likeness (QED) is 0.857. The van der Waals surface area contributed by atoms with Crippen molar-refractivity contribution < 1.29 is 13.9 Å². The van der Waals surface area contributed by atoms with Gasteiger partial charge in [-0.05, 0) is 31.5 Å². The Morgan fingerprint density at radius 2 is 2.21 bits per heavy atom. The third-order valence-electron chi connectivity index (χ3n) is 3.09. The normalized spacial score (nSPS) is 12.1. The molecular weight excluding hydrogens is 247 g/mol. The maximum absolute atomic E-state index is 13.9. The summed E-state index contributed by atoms with van der Waals surface area (Å²) in [5, 5.41) is 2.70. The summed E-state index contributed by atoms with van der Waals surface area (Å²) in [7, 11) is 3.30. The van der Waals surface area contributed by atoms with Crippen LogP contribution in [0.15, 0.2) is 18.2 Å². The van der Waals surface area contributed by atoms with Crippen molar-refractivity contribution in [1.82, 2.24) is 5.32 Å². The van der Waals surface area contributed by atoms with Crippen molar-refractivity contribution >= 4 is 11.6 Å². The minimum Gasteiger partial charge on any atom is -0.373 e. The van der Waals surface area contributed by atoms with Crippen LogP contribution in [0.1, 0.15) is 19.4 Å². The molecule has 1 N–H and O–H groups in total. The zero-order valence-corrected chi connectivity index (χ0v) is 11.9. The van der Waals surface area contributed by atoms with E-state index in [0.29, 0.717) is 12.2 Å². The highest BCUT2D eigenvalue weighted by atomic mass is 19.1. The van der Waals surface area contributed by atoms with Crippen molar-refractivity contribution in [3.8, 4) is 0 Å². The van der Waals surface area contributed by atoms with Gasteiger partial charge in [0.25, 0.3) is 0 Å². The number of nitrogens with zero attached hydrogens (tertiary/aromatic N) is 1. The van der Waals surface area contributed by atoms with Gasteiger partial charge < -0.3 is 15.0 Å². The van der Waals surface area contributed by atoms with Gasteiger partial charge in [0, 0.05) is 27.2 Å². The van der Waals surface area contributed by atoms with Crippen molar-refractivity contribution in [1.29, 1.82) is 0 Å². The number of hydrogen-bond acceptors (Lipinski definition) is 3. The minimum absolute atomic E-state index is 0.210. The molecule has 0 saturated heterocycles. The standard InChI is InChI=1S/C14H21FN2O2/c1-5-17(3)13-7-6-11(8-12(13)15)9-16-14(18)10(2)19-4/h6-8,10H,5,9H2,1-4H3,(H,16,18)/t10-/m0/s1. The van der Waals surface area contributed by atoms with Gasteiger partial charge in [-0.3, -0.25) is 4.79 Å². The van der Waals surface area contributed by atoms with E-state index in [9.17, 15) is 9.18 Å². The van der Waals surface area contributed by atoms with Crippen molar-refractivity contribution in [3.05, 3.63) is 29.6 Å². The monoisotopic (exact) mass is 268 g/mol. The van der Waals surface area contributed by atoms with Gasteiger partial charge in [-0.1, -0.05) is 6.07 Å². The van der Waals surface area contributed by atoms with Crippen LogP contribution in [0.4, 0.5) is 10.1 Å². The Morgan fingerprint density at radius 3 is 2.74 bits per heavy atom. The Hall–Kier alpha value is -1.62. The van der Waals surface area contributed by atoms with E-state index < -0.39 is 6.10 Å². The largest absolute Gasteiger partial charge is 0.373 e. The zero-order chi connectivity index (χ0) is 14.4.